The van der Waals surface area contributed by atoms with Crippen LogP contribution in [-0.2, 0) is 10.2 Å². The standard InChI is InChI=1S/C15H14ClF3O3.K.H/c1-14(2,3)9-6-11-7(5-10(9)16)4-8(13(20)21)12(22-11)15(17,18)19;;/h4-6,12H,1-3H3,(H,20,21);;/q;+1;-1. The van der Waals surface area contributed by atoms with Crippen LogP contribution in [-0.4, -0.2) is 23.4 Å². The molecule has 1 N–H and O–H groups in total. The molecule has 0 bridgehead atoms. The van der Waals surface area contributed by atoms with Gasteiger partial charge in [0.15, 0.2) is 0 Å². The summed E-state index contributed by atoms with van der Waals surface area (Å²) in [5.41, 5.74) is -0.406. The summed E-state index contributed by atoms with van der Waals surface area (Å²) in [4.78, 5) is 11.1. The molecule has 23 heavy (non-hydrogen) atoms. The number of carbonyl (C=O) groups is 1. The Kier molecular flexibility index (Phi) is 6.44. The Morgan fingerprint density at radius 1 is 1.30 bits per heavy atom. The van der Waals surface area contributed by atoms with E-state index in [2.05, 4.69) is 0 Å². The molecule has 0 aliphatic carbocycles. The number of aliphatic carboxylic acids is 1. The molecule has 1 aliphatic heterocycles. The number of carboxylic acid groups (broad SMARTS) is 1. The Labute approximate surface area is 180 Å². The van der Waals surface area contributed by atoms with Gasteiger partial charge in [-0.15, -0.1) is 0 Å². The predicted octanol–water partition coefficient (Wildman–Crippen LogP) is 1.55. The molecule has 0 radical (unpaired) electrons. The maximum Gasteiger partial charge on any atom is 1.00 e. The van der Waals surface area contributed by atoms with Gasteiger partial charge in [-0.3, -0.25) is 0 Å². The van der Waals surface area contributed by atoms with Gasteiger partial charge < -0.3 is 11.3 Å². The van der Waals surface area contributed by atoms with Gasteiger partial charge in [-0.05, 0) is 29.2 Å². The van der Waals surface area contributed by atoms with Gasteiger partial charge in [0, 0.05) is 10.6 Å². The van der Waals surface area contributed by atoms with Crippen molar-refractivity contribution in [3.05, 3.63) is 33.9 Å². The van der Waals surface area contributed by atoms with Crippen LogP contribution in [0.2, 0.25) is 5.02 Å². The molecule has 1 unspecified atom stereocenters. The summed E-state index contributed by atoms with van der Waals surface area (Å²) >= 11 is 6.14. The number of ether oxygens (including phenoxy) is 1. The molecule has 1 aliphatic rings. The van der Waals surface area contributed by atoms with Crippen molar-refractivity contribution in [3.8, 4) is 5.75 Å². The molecule has 0 aromatic heterocycles. The molecule has 0 spiro atoms. The zero-order valence-electron chi connectivity index (χ0n) is 14.1. The first kappa shape index (κ1) is 21.0. The third-order valence-electron chi connectivity index (χ3n) is 3.29. The van der Waals surface area contributed by atoms with Gasteiger partial charge in [0.1, 0.15) is 5.75 Å². The molecule has 1 aromatic carbocycles. The summed E-state index contributed by atoms with van der Waals surface area (Å²) in [6.45, 7) is 5.59. The van der Waals surface area contributed by atoms with Gasteiger partial charge in [0.2, 0.25) is 6.10 Å². The van der Waals surface area contributed by atoms with Crippen LogP contribution >= 0.6 is 11.6 Å². The summed E-state index contributed by atoms with van der Waals surface area (Å²) < 4.78 is 43.9. The molecule has 0 saturated heterocycles. The molecule has 1 aromatic rings. The van der Waals surface area contributed by atoms with Crippen molar-refractivity contribution < 1.29 is 80.6 Å². The number of rotatable bonds is 1. The van der Waals surface area contributed by atoms with Crippen LogP contribution in [0.1, 0.15) is 33.3 Å². The Morgan fingerprint density at radius 3 is 2.30 bits per heavy atom. The van der Waals surface area contributed by atoms with Crippen molar-refractivity contribution in [3.63, 3.8) is 0 Å². The summed E-state index contributed by atoms with van der Waals surface area (Å²) in [6.07, 6.45) is -6.35. The van der Waals surface area contributed by atoms with Crippen LogP contribution in [0, 0.1) is 0 Å². The third kappa shape index (κ3) is 4.52. The van der Waals surface area contributed by atoms with Crippen LogP contribution < -0.4 is 56.1 Å². The van der Waals surface area contributed by atoms with Crippen molar-refractivity contribution in [2.24, 2.45) is 0 Å². The number of hydrogen-bond donors (Lipinski definition) is 1. The molecule has 122 valence electrons. The van der Waals surface area contributed by atoms with E-state index < -0.39 is 23.8 Å². The first-order valence-corrected chi connectivity index (χ1v) is 6.81. The first-order chi connectivity index (χ1) is 9.91. The first-order valence-electron chi connectivity index (χ1n) is 6.43. The monoisotopic (exact) mass is 374 g/mol. The summed E-state index contributed by atoms with van der Waals surface area (Å²) in [5, 5.41) is 9.32. The van der Waals surface area contributed by atoms with Crippen LogP contribution in [0.15, 0.2) is 17.7 Å². The van der Waals surface area contributed by atoms with Crippen molar-refractivity contribution in [2.45, 2.75) is 38.5 Å². The minimum atomic E-state index is -4.82. The number of halogens is 4. The van der Waals surface area contributed by atoms with E-state index in [0.717, 1.165) is 6.08 Å². The van der Waals surface area contributed by atoms with Crippen molar-refractivity contribution in [1.82, 2.24) is 0 Å². The summed E-state index contributed by atoms with van der Waals surface area (Å²) in [5.74, 6) is -1.70. The van der Waals surface area contributed by atoms with E-state index >= 15 is 0 Å². The molecule has 1 atom stereocenters. The second kappa shape index (κ2) is 7.05. The molecule has 0 fully saturated rings. The second-order valence-corrected chi connectivity index (χ2v) is 6.47. The van der Waals surface area contributed by atoms with E-state index in [0.29, 0.717) is 10.6 Å². The van der Waals surface area contributed by atoms with E-state index in [4.69, 9.17) is 21.4 Å². The average Bonchev–Trinajstić information content (AvgIpc) is 2.33. The molecule has 2 rings (SSSR count). The fourth-order valence-corrected chi connectivity index (χ4v) is 2.66. The molecule has 1 heterocycles. The van der Waals surface area contributed by atoms with Gasteiger partial charge in [-0.1, -0.05) is 32.4 Å². The van der Waals surface area contributed by atoms with E-state index in [9.17, 15) is 18.0 Å². The number of alkyl halides is 3. The Balaban J connectivity index is 0.00000264. The minimum absolute atomic E-state index is 0. The number of benzene rings is 1. The maximum atomic E-state index is 13.0. The average molecular weight is 375 g/mol. The largest absolute Gasteiger partial charge is 1.00 e. The second-order valence-electron chi connectivity index (χ2n) is 6.06. The Hall–Kier alpha value is -0.0536. The van der Waals surface area contributed by atoms with Crippen LogP contribution in [0.25, 0.3) is 6.08 Å². The molecule has 0 amide bonds. The fourth-order valence-electron chi connectivity index (χ4n) is 2.21. The zero-order chi connectivity index (χ0) is 16.9. The van der Waals surface area contributed by atoms with E-state index in [1.807, 2.05) is 20.8 Å². The van der Waals surface area contributed by atoms with Gasteiger partial charge >= 0.3 is 63.5 Å². The van der Waals surface area contributed by atoms with Gasteiger partial charge in [-0.25, -0.2) is 4.79 Å². The number of fused-ring (bicyclic) bond motifs is 1. The molecular formula is C15H15ClF3KO3. The topological polar surface area (TPSA) is 46.5 Å². The summed E-state index contributed by atoms with van der Waals surface area (Å²) in [6, 6.07) is 2.86. The third-order valence-corrected chi connectivity index (χ3v) is 3.60. The Bertz CT molecular complexity index is 669. The quantitative estimate of drug-likeness (QED) is 0.759. The molecule has 8 heteroatoms. The van der Waals surface area contributed by atoms with Crippen molar-refractivity contribution >= 4 is 23.6 Å². The molecule has 3 nitrogen and oxygen atoms in total. The van der Waals surface area contributed by atoms with Crippen molar-refractivity contribution in [2.75, 3.05) is 0 Å². The van der Waals surface area contributed by atoms with Crippen LogP contribution in [0.5, 0.6) is 5.75 Å². The fraction of sp³-hybridized carbons (Fsp3) is 0.400. The molecule has 0 saturated carbocycles. The van der Waals surface area contributed by atoms with Crippen molar-refractivity contribution in [1.29, 1.82) is 0 Å². The predicted molar refractivity (Wildman–Crippen MR) is 77.3 cm³/mol. The SMILES string of the molecule is CC(C)(C)c1cc2c(cc1Cl)C=C(C(=O)O)C(C(F)(F)F)O2.[H-].[K+]. The number of hydrogen-bond acceptors (Lipinski definition) is 2. The van der Waals surface area contributed by atoms with E-state index in [-0.39, 0.29) is 69.5 Å². The maximum absolute atomic E-state index is 13.0. The van der Waals surface area contributed by atoms with Gasteiger partial charge in [0.05, 0.1) is 5.57 Å². The van der Waals surface area contributed by atoms with E-state index in [1.165, 1.54) is 12.1 Å². The van der Waals surface area contributed by atoms with E-state index in [1.54, 1.807) is 0 Å². The number of carboxylic acids is 1. The zero-order valence-corrected chi connectivity index (χ0v) is 17.0. The smallest absolute Gasteiger partial charge is 1.00 e. The summed E-state index contributed by atoms with van der Waals surface area (Å²) in [7, 11) is 0. The van der Waals surface area contributed by atoms with Gasteiger partial charge in [0.25, 0.3) is 0 Å². The van der Waals surface area contributed by atoms with Gasteiger partial charge in [-0.2, -0.15) is 13.2 Å². The molecular weight excluding hydrogens is 360 g/mol. The minimum Gasteiger partial charge on any atom is -1.00 e. The Morgan fingerprint density at radius 2 is 1.87 bits per heavy atom. The van der Waals surface area contributed by atoms with Crippen LogP contribution in [0.4, 0.5) is 13.2 Å². The van der Waals surface area contributed by atoms with Crippen LogP contribution in [0.3, 0.4) is 0 Å². The normalized spacial score (nSPS) is 17.5.